The number of fused-ring (bicyclic) bond motifs is 2. The average Bonchev–Trinajstić information content (AvgIpc) is 3.26. The van der Waals surface area contributed by atoms with Gasteiger partial charge in [-0.15, -0.1) is 11.3 Å². The zero-order chi connectivity index (χ0) is 18.9. The van der Waals surface area contributed by atoms with Gasteiger partial charge in [0.1, 0.15) is 5.54 Å². The Morgan fingerprint density at radius 2 is 2.11 bits per heavy atom. The van der Waals surface area contributed by atoms with Crippen LogP contribution in [0, 0.1) is 0 Å². The number of hydrogen-bond donors (Lipinski definition) is 2. The lowest BCUT2D eigenvalue weighted by atomic mass is 9.76. The number of imide groups is 1. The Bertz CT molecular complexity index is 838. The van der Waals surface area contributed by atoms with Crippen LogP contribution in [-0.2, 0) is 28.1 Å². The number of nitrogens with one attached hydrogen (secondary N) is 1. The van der Waals surface area contributed by atoms with Crippen LogP contribution in [0.5, 0.6) is 0 Å². The molecular weight excluding hydrogens is 364 g/mol. The Kier molecular flexibility index (Phi) is 4.99. The lowest BCUT2D eigenvalue weighted by Gasteiger charge is -2.33. The highest BCUT2D eigenvalue weighted by molar-refractivity contribution is 7.09. The standard InChI is InChI=1S/C20H22N2O4S/c23-15(12-26-13-16-7-4-10-27-16)11-22-18(24)20(21-19(22)25)9-3-6-14-5-1-2-8-17(14)20/h1-2,4-5,7-8,10,15,23H,3,6,9,11-13H2,(H,21,25)/t15-,20-/m1/s1. The Morgan fingerprint density at radius 3 is 2.93 bits per heavy atom. The van der Waals surface area contributed by atoms with Crippen LogP contribution >= 0.6 is 11.3 Å². The third kappa shape index (κ3) is 3.38. The number of carbonyl (C=O) groups excluding carboxylic acids is 2. The number of urea groups is 1. The van der Waals surface area contributed by atoms with Gasteiger partial charge in [-0.2, -0.15) is 0 Å². The third-order valence-corrected chi connectivity index (χ3v) is 6.03. The third-order valence-electron chi connectivity index (χ3n) is 5.18. The van der Waals surface area contributed by atoms with Gasteiger partial charge in [0.25, 0.3) is 5.91 Å². The number of thiophene rings is 1. The Morgan fingerprint density at radius 1 is 1.26 bits per heavy atom. The van der Waals surface area contributed by atoms with Crippen molar-refractivity contribution in [2.75, 3.05) is 13.2 Å². The molecule has 0 radical (unpaired) electrons. The van der Waals surface area contributed by atoms with E-state index in [0.717, 1.165) is 33.7 Å². The molecule has 0 unspecified atom stereocenters. The molecule has 2 aliphatic rings. The van der Waals surface area contributed by atoms with Crippen molar-refractivity contribution in [2.24, 2.45) is 0 Å². The summed E-state index contributed by atoms with van der Waals surface area (Å²) in [4.78, 5) is 27.8. The number of aryl methyl sites for hydroxylation is 1. The molecule has 1 aliphatic heterocycles. The monoisotopic (exact) mass is 386 g/mol. The summed E-state index contributed by atoms with van der Waals surface area (Å²) in [6.07, 6.45) is 1.40. The van der Waals surface area contributed by atoms with Gasteiger partial charge in [0, 0.05) is 4.88 Å². The molecule has 27 heavy (non-hydrogen) atoms. The van der Waals surface area contributed by atoms with Gasteiger partial charge >= 0.3 is 6.03 Å². The van der Waals surface area contributed by atoms with E-state index in [0.29, 0.717) is 13.0 Å². The molecule has 1 saturated heterocycles. The molecule has 142 valence electrons. The molecule has 4 rings (SSSR count). The first-order valence-corrected chi connectivity index (χ1v) is 9.99. The number of benzene rings is 1. The fraction of sp³-hybridized carbons (Fsp3) is 0.400. The molecule has 1 spiro atoms. The molecule has 1 aliphatic carbocycles. The first kappa shape index (κ1) is 18.2. The quantitative estimate of drug-likeness (QED) is 0.748. The molecule has 2 N–H and O–H groups in total. The molecule has 1 aromatic heterocycles. The van der Waals surface area contributed by atoms with Crippen molar-refractivity contribution in [1.82, 2.24) is 10.2 Å². The smallest absolute Gasteiger partial charge is 0.325 e. The maximum atomic E-state index is 13.1. The SMILES string of the molecule is O=C1N[C@@]2(CCCc3ccccc32)C(=O)N1C[C@@H](O)COCc1cccs1. The van der Waals surface area contributed by atoms with Crippen molar-refractivity contribution in [1.29, 1.82) is 0 Å². The number of nitrogens with zero attached hydrogens (tertiary/aromatic N) is 1. The second-order valence-corrected chi connectivity index (χ2v) is 8.04. The summed E-state index contributed by atoms with van der Waals surface area (Å²) in [5.41, 5.74) is 0.975. The Labute approximate surface area is 161 Å². The number of ether oxygens (including phenoxy) is 1. The minimum absolute atomic E-state index is 0.0680. The van der Waals surface area contributed by atoms with Gasteiger partial charge in [0.15, 0.2) is 0 Å². The summed E-state index contributed by atoms with van der Waals surface area (Å²) in [5, 5.41) is 15.1. The number of β-amino-alcohol motifs (C(OH)–C–C–N with tert-alkyl or cyclic N) is 1. The van der Waals surface area contributed by atoms with Crippen molar-refractivity contribution in [3.8, 4) is 0 Å². The molecule has 3 amide bonds. The molecular formula is C20H22N2O4S. The number of hydrogen-bond acceptors (Lipinski definition) is 5. The van der Waals surface area contributed by atoms with Crippen molar-refractivity contribution in [3.63, 3.8) is 0 Å². The van der Waals surface area contributed by atoms with Crippen molar-refractivity contribution in [2.45, 2.75) is 37.5 Å². The molecule has 2 atom stereocenters. The Hall–Kier alpha value is -2.22. The predicted octanol–water partition coefficient (Wildman–Crippen LogP) is 2.41. The second kappa shape index (κ2) is 7.42. The number of amides is 3. The van der Waals surface area contributed by atoms with Crippen LogP contribution in [-0.4, -0.2) is 41.2 Å². The lowest BCUT2D eigenvalue weighted by molar-refractivity contribution is -0.133. The van der Waals surface area contributed by atoms with E-state index < -0.39 is 17.7 Å². The summed E-state index contributed by atoms with van der Waals surface area (Å²) >= 11 is 1.58. The van der Waals surface area contributed by atoms with Crippen LogP contribution in [0.15, 0.2) is 41.8 Å². The highest BCUT2D eigenvalue weighted by Gasteiger charge is 2.54. The number of aliphatic hydroxyl groups is 1. The summed E-state index contributed by atoms with van der Waals surface area (Å²) in [5.74, 6) is -0.281. The summed E-state index contributed by atoms with van der Waals surface area (Å²) < 4.78 is 5.50. The van der Waals surface area contributed by atoms with Crippen LogP contribution in [0.4, 0.5) is 4.79 Å². The fourth-order valence-electron chi connectivity index (χ4n) is 3.93. The lowest BCUT2D eigenvalue weighted by Crippen LogP contribution is -2.47. The van der Waals surface area contributed by atoms with E-state index >= 15 is 0 Å². The number of rotatable bonds is 6. The van der Waals surface area contributed by atoms with Gasteiger partial charge in [-0.05, 0) is 41.8 Å². The maximum absolute atomic E-state index is 13.1. The summed E-state index contributed by atoms with van der Waals surface area (Å²) in [6.45, 7) is 0.407. The molecule has 7 heteroatoms. The van der Waals surface area contributed by atoms with E-state index in [1.165, 1.54) is 0 Å². The zero-order valence-corrected chi connectivity index (χ0v) is 15.7. The average molecular weight is 386 g/mol. The normalized spacial score (nSPS) is 22.8. The van der Waals surface area contributed by atoms with Crippen LogP contribution in [0.2, 0.25) is 0 Å². The largest absolute Gasteiger partial charge is 0.389 e. The van der Waals surface area contributed by atoms with E-state index in [4.69, 9.17) is 4.74 Å². The topological polar surface area (TPSA) is 78.9 Å². The van der Waals surface area contributed by atoms with Crippen molar-refractivity contribution >= 4 is 23.3 Å². The minimum atomic E-state index is -0.997. The second-order valence-electron chi connectivity index (χ2n) is 7.01. The van der Waals surface area contributed by atoms with Crippen LogP contribution in [0.1, 0.15) is 28.8 Å². The highest BCUT2D eigenvalue weighted by atomic mass is 32.1. The Balaban J connectivity index is 1.43. The van der Waals surface area contributed by atoms with Gasteiger partial charge in [0.2, 0.25) is 0 Å². The molecule has 1 aromatic carbocycles. The maximum Gasteiger partial charge on any atom is 0.325 e. The van der Waals surface area contributed by atoms with E-state index in [9.17, 15) is 14.7 Å². The van der Waals surface area contributed by atoms with E-state index in [2.05, 4.69) is 5.32 Å². The van der Waals surface area contributed by atoms with E-state index in [1.807, 2.05) is 41.8 Å². The zero-order valence-electron chi connectivity index (χ0n) is 14.9. The molecule has 0 saturated carbocycles. The van der Waals surface area contributed by atoms with E-state index in [1.54, 1.807) is 11.3 Å². The molecule has 2 aromatic rings. The number of carbonyl (C=O) groups is 2. The van der Waals surface area contributed by atoms with Crippen LogP contribution in [0.3, 0.4) is 0 Å². The van der Waals surface area contributed by atoms with Crippen molar-refractivity contribution < 1.29 is 19.4 Å². The summed E-state index contributed by atoms with van der Waals surface area (Å²) in [7, 11) is 0. The number of aliphatic hydroxyl groups excluding tert-OH is 1. The van der Waals surface area contributed by atoms with Gasteiger partial charge in [-0.1, -0.05) is 30.3 Å². The highest BCUT2D eigenvalue weighted by Crippen LogP contribution is 2.39. The molecule has 0 bridgehead atoms. The van der Waals surface area contributed by atoms with Crippen molar-refractivity contribution in [3.05, 3.63) is 57.8 Å². The molecule has 6 nitrogen and oxygen atoms in total. The van der Waals surface area contributed by atoms with Gasteiger partial charge in [-0.3, -0.25) is 9.69 Å². The van der Waals surface area contributed by atoms with Gasteiger partial charge in [-0.25, -0.2) is 4.79 Å². The first-order chi connectivity index (χ1) is 13.1. The molecule has 1 fully saturated rings. The fourth-order valence-corrected chi connectivity index (χ4v) is 4.57. The van der Waals surface area contributed by atoms with Crippen LogP contribution in [0.25, 0.3) is 0 Å². The predicted molar refractivity (Wildman–Crippen MR) is 101 cm³/mol. The molecule has 2 heterocycles. The first-order valence-electron chi connectivity index (χ1n) is 9.11. The van der Waals surface area contributed by atoms with Gasteiger partial charge < -0.3 is 15.2 Å². The summed E-state index contributed by atoms with van der Waals surface area (Å²) in [6, 6.07) is 11.2. The minimum Gasteiger partial charge on any atom is -0.389 e. The van der Waals surface area contributed by atoms with Crippen LogP contribution < -0.4 is 5.32 Å². The van der Waals surface area contributed by atoms with E-state index in [-0.39, 0.29) is 19.1 Å². The van der Waals surface area contributed by atoms with Gasteiger partial charge in [0.05, 0.1) is 25.9 Å².